The highest BCUT2D eigenvalue weighted by atomic mass is 16.3. The van der Waals surface area contributed by atoms with Gasteiger partial charge in [-0.15, -0.1) is 0 Å². The number of furan rings is 1. The quantitative estimate of drug-likeness (QED) is 0.166. The zero-order valence-electron chi connectivity index (χ0n) is 32.8. The van der Waals surface area contributed by atoms with Gasteiger partial charge in [-0.25, -0.2) is 0 Å². The molecule has 11 rings (SSSR count). The molecule has 0 radical (unpaired) electrons. The maximum atomic E-state index is 7.01. The van der Waals surface area contributed by atoms with Crippen LogP contribution in [-0.4, -0.2) is 6.71 Å². The summed E-state index contributed by atoms with van der Waals surface area (Å²) in [5, 5.41) is 7.28. The molecule has 0 fully saturated rings. The Labute approximate surface area is 328 Å². The molecule has 2 aliphatic heterocycles. The second-order valence-corrected chi connectivity index (χ2v) is 17.8. The summed E-state index contributed by atoms with van der Waals surface area (Å²) < 4.78 is 7.01. The molecular formula is C52H43BN2O. The third-order valence-electron chi connectivity index (χ3n) is 12.2. The van der Waals surface area contributed by atoms with Crippen LogP contribution in [-0.2, 0) is 10.8 Å². The molecule has 0 unspecified atom stereocenters. The number of benzene rings is 8. The summed E-state index contributed by atoms with van der Waals surface area (Å²) in [6, 6.07) is 56.4. The van der Waals surface area contributed by atoms with E-state index in [1.165, 1.54) is 77.5 Å². The molecule has 3 heterocycles. The fraction of sp³-hybridized carbons (Fsp3) is 0.154. The molecule has 0 N–H and O–H groups in total. The third-order valence-corrected chi connectivity index (χ3v) is 12.2. The zero-order chi connectivity index (χ0) is 38.1. The second-order valence-electron chi connectivity index (χ2n) is 17.8. The van der Waals surface area contributed by atoms with Gasteiger partial charge in [0, 0.05) is 33.5 Å². The molecule has 0 saturated carbocycles. The monoisotopic (exact) mass is 722 g/mol. The van der Waals surface area contributed by atoms with Crippen molar-refractivity contribution in [2.24, 2.45) is 0 Å². The van der Waals surface area contributed by atoms with Gasteiger partial charge in [0.25, 0.3) is 6.71 Å². The summed E-state index contributed by atoms with van der Waals surface area (Å²) in [6.45, 7) is 14.0. The summed E-state index contributed by atoms with van der Waals surface area (Å²) in [5.74, 6) is 0. The number of nitrogens with zero attached hydrogens (tertiary/aromatic N) is 2. The van der Waals surface area contributed by atoms with Crippen LogP contribution in [0.25, 0.3) is 43.5 Å². The molecule has 0 saturated heterocycles. The van der Waals surface area contributed by atoms with Crippen molar-refractivity contribution in [1.29, 1.82) is 0 Å². The van der Waals surface area contributed by atoms with Crippen molar-refractivity contribution in [3.63, 3.8) is 0 Å². The molecule has 3 nitrogen and oxygen atoms in total. The summed E-state index contributed by atoms with van der Waals surface area (Å²) >= 11 is 0. The number of hydrogen-bond donors (Lipinski definition) is 0. The van der Waals surface area contributed by atoms with Crippen LogP contribution in [0, 0.1) is 0 Å². The van der Waals surface area contributed by atoms with Gasteiger partial charge in [0.05, 0.1) is 11.4 Å². The average molecular weight is 723 g/mol. The molecule has 4 heteroatoms. The van der Waals surface area contributed by atoms with Gasteiger partial charge in [-0.3, -0.25) is 0 Å². The molecule has 8 aromatic carbocycles. The maximum absolute atomic E-state index is 7.01. The number of rotatable bonds is 2. The first kappa shape index (κ1) is 33.1. The van der Waals surface area contributed by atoms with Crippen molar-refractivity contribution in [1.82, 2.24) is 0 Å². The average Bonchev–Trinajstić information content (AvgIpc) is 3.58. The van der Waals surface area contributed by atoms with E-state index < -0.39 is 0 Å². The summed E-state index contributed by atoms with van der Waals surface area (Å²) in [6.07, 6.45) is 0. The molecule has 1 aromatic heterocycles. The molecule has 2 aliphatic rings. The summed E-state index contributed by atoms with van der Waals surface area (Å²) in [7, 11) is 0. The van der Waals surface area contributed by atoms with Crippen LogP contribution in [0.15, 0.2) is 156 Å². The minimum Gasteiger partial charge on any atom is -0.457 e. The van der Waals surface area contributed by atoms with E-state index in [0.717, 1.165) is 27.6 Å². The second kappa shape index (κ2) is 11.6. The first-order valence-electron chi connectivity index (χ1n) is 19.9. The summed E-state index contributed by atoms with van der Waals surface area (Å²) in [4.78, 5) is 5.12. The Balaban J connectivity index is 1.29. The van der Waals surface area contributed by atoms with Gasteiger partial charge < -0.3 is 14.2 Å². The van der Waals surface area contributed by atoms with E-state index in [0.29, 0.717) is 0 Å². The Morgan fingerprint density at radius 2 is 0.893 bits per heavy atom. The van der Waals surface area contributed by atoms with Crippen molar-refractivity contribution < 1.29 is 4.42 Å². The lowest BCUT2D eigenvalue weighted by atomic mass is 9.33. The van der Waals surface area contributed by atoms with Crippen LogP contribution in [0.2, 0.25) is 0 Å². The number of para-hydroxylation sites is 2. The van der Waals surface area contributed by atoms with Gasteiger partial charge in [-0.1, -0.05) is 133 Å². The highest BCUT2D eigenvalue weighted by molar-refractivity contribution is 7.01. The van der Waals surface area contributed by atoms with E-state index in [-0.39, 0.29) is 17.5 Å². The fourth-order valence-corrected chi connectivity index (χ4v) is 9.70. The topological polar surface area (TPSA) is 19.6 Å². The predicted octanol–water partition coefficient (Wildman–Crippen LogP) is 12.6. The Bertz CT molecular complexity index is 3070. The highest BCUT2D eigenvalue weighted by Crippen LogP contribution is 2.50. The van der Waals surface area contributed by atoms with Crippen molar-refractivity contribution in [3.8, 4) is 0 Å². The van der Waals surface area contributed by atoms with Crippen LogP contribution < -0.4 is 26.2 Å². The minimum atomic E-state index is -0.125. The van der Waals surface area contributed by atoms with Gasteiger partial charge >= 0.3 is 0 Å². The van der Waals surface area contributed by atoms with E-state index in [4.69, 9.17) is 4.42 Å². The molecule has 0 spiro atoms. The van der Waals surface area contributed by atoms with Gasteiger partial charge in [0.2, 0.25) is 0 Å². The Morgan fingerprint density at radius 3 is 1.50 bits per heavy atom. The Hall–Kier alpha value is -6.26. The molecular weight excluding hydrogens is 679 g/mol. The predicted molar refractivity (Wildman–Crippen MR) is 240 cm³/mol. The summed E-state index contributed by atoms with van der Waals surface area (Å²) in [5.41, 5.74) is 15.3. The van der Waals surface area contributed by atoms with Crippen LogP contribution in [0.5, 0.6) is 0 Å². The van der Waals surface area contributed by atoms with E-state index in [9.17, 15) is 0 Å². The lowest BCUT2D eigenvalue weighted by molar-refractivity contribution is 0.591. The van der Waals surface area contributed by atoms with Crippen LogP contribution in [0.1, 0.15) is 52.7 Å². The van der Waals surface area contributed by atoms with Gasteiger partial charge in [-0.2, -0.15) is 0 Å². The first-order chi connectivity index (χ1) is 27.1. The fourth-order valence-electron chi connectivity index (χ4n) is 9.70. The van der Waals surface area contributed by atoms with Crippen molar-refractivity contribution in [3.05, 3.63) is 163 Å². The minimum absolute atomic E-state index is 0.0544. The van der Waals surface area contributed by atoms with E-state index in [1.54, 1.807) is 0 Å². The first-order valence-corrected chi connectivity index (χ1v) is 19.9. The van der Waals surface area contributed by atoms with E-state index >= 15 is 0 Å². The molecule has 0 bridgehead atoms. The molecule has 56 heavy (non-hydrogen) atoms. The van der Waals surface area contributed by atoms with Crippen LogP contribution in [0.3, 0.4) is 0 Å². The Kier molecular flexibility index (Phi) is 6.88. The van der Waals surface area contributed by atoms with Crippen LogP contribution >= 0.6 is 0 Å². The maximum Gasteiger partial charge on any atom is 0.257 e. The molecule has 270 valence electrons. The van der Waals surface area contributed by atoms with Gasteiger partial charge in [0.15, 0.2) is 0 Å². The SMILES string of the molecule is CC(C)(C)c1cc2ccccc2cc1N1c2ccccc2B2c3c1cccc3N(c1cc3ccccc3cc1C(C)(C)C)c1ccc3c(oc4ccccc43)c12. The molecule has 9 aromatic rings. The number of fused-ring (bicyclic) bond motifs is 10. The van der Waals surface area contributed by atoms with E-state index in [2.05, 4.69) is 203 Å². The lowest BCUT2D eigenvalue weighted by Crippen LogP contribution is -2.61. The molecule has 0 aliphatic carbocycles. The zero-order valence-corrected chi connectivity index (χ0v) is 32.8. The highest BCUT2D eigenvalue weighted by Gasteiger charge is 2.46. The van der Waals surface area contributed by atoms with Crippen molar-refractivity contribution in [2.45, 2.75) is 52.4 Å². The lowest BCUT2D eigenvalue weighted by Gasteiger charge is -2.45. The largest absolute Gasteiger partial charge is 0.457 e. The van der Waals surface area contributed by atoms with E-state index in [1.807, 2.05) is 0 Å². The third kappa shape index (κ3) is 4.72. The molecule has 0 atom stereocenters. The van der Waals surface area contributed by atoms with Crippen LogP contribution in [0.4, 0.5) is 34.1 Å². The standard InChI is InChI=1S/C52H43BN2O/c1-51(2,3)38-28-32-16-7-9-18-34(32)30-45(38)54-41-22-13-12-21-40(41)53-48-42(54)23-15-24-43(48)55(46-31-35-19-10-8-17-33(35)29-39(46)52(4,5)6)44-27-26-37-36-20-11-14-25-47(36)56-50(37)49(44)53/h7-31H,1-6H3. The Morgan fingerprint density at radius 1 is 0.411 bits per heavy atom. The normalized spacial score (nSPS) is 13.8. The number of anilines is 6. The van der Waals surface area contributed by atoms with Crippen molar-refractivity contribution >= 4 is 101 Å². The molecule has 0 amide bonds. The van der Waals surface area contributed by atoms with Gasteiger partial charge in [0.1, 0.15) is 11.2 Å². The van der Waals surface area contributed by atoms with Crippen molar-refractivity contribution in [2.75, 3.05) is 9.80 Å². The smallest absolute Gasteiger partial charge is 0.257 e. The van der Waals surface area contributed by atoms with Gasteiger partial charge in [-0.05, 0) is 121 Å². The number of hydrogen-bond acceptors (Lipinski definition) is 3.